The summed E-state index contributed by atoms with van der Waals surface area (Å²) in [4.78, 5) is 4.70. The van der Waals surface area contributed by atoms with Crippen molar-refractivity contribution in [1.82, 2.24) is 0 Å². The Labute approximate surface area is 142 Å². The van der Waals surface area contributed by atoms with Crippen molar-refractivity contribution < 1.29 is 0 Å². The third-order valence-corrected chi connectivity index (χ3v) is 4.92. The molecule has 0 radical (unpaired) electrons. The third-order valence-electron chi connectivity index (χ3n) is 3.86. The zero-order chi connectivity index (χ0) is 15.0. The number of benzene rings is 2. The van der Waals surface area contributed by atoms with Crippen LogP contribution in [0.5, 0.6) is 0 Å². The Bertz CT molecular complexity index is 659. The summed E-state index contributed by atoms with van der Waals surface area (Å²) in [6.07, 6.45) is 2.00. The molecular weight excluding hydrogens is 390 g/mol. The Balaban J connectivity index is 1.96. The topological polar surface area (TPSA) is 12.4 Å². The Hall–Kier alpha value is -1.19. The molecular formula is C18H15Br2N. The molecule has 0 saturated carbocycles. The molecule has 2 aromatic carbocycles. The second kappa shape index (κ2) is 5.54. The Morgan fingerprint density at radius 2 is 1.24 bits per heavy atom. The van der Waals surface area contributed by atoms with Gasteiger partial charge in [-0.05, 0) is 41.0 Å². The average Bonchev–Trinajstić information content (AvgIpc) is 2.76. The second-order valence-corrected chi connectivity index (χ2v) is 7.49. The first-order valence-electron chi connectivity index (χ1n) is 6.79. The normalized spacial score (nSPS) is 16.6. The molecule has 0 spiro atoms. The van der Waals surface area contributed by atoms with Crippen molar-refractivity contribution in [3.05, 3.63) is 74.8 Å². The van der Waals surface area contributed by atoms with Crippen LogP contribution in [0.15, 0.2) is 68.7 Å². The molecule has 1 heterocycles. The van der Waals surface area contributed by atoms with E-state index in [1.807, 2.05) is 6.20 Å². The van der Waals surface area contributed by atoms with E-state index in [0.717, 1.165) is 14.7 Å². The van der Waals surface area contributed by atoms with Gasteiger partial charge >= 0.3 is 0 Å². The quantitative estimate of drug-likeness (QED) is 0.574. The smallest absolute Gasteiger partial charge is 0.0576 e. The molecule has 3 heteroatoms. The molecule has 0 amide bonds. The van der Waals surface area contributed by atoms with Gasteiger partial charge in [0, 0.05) is 20.6 Å². The van der Waals surface area contributed by atoms with Crippen LogP contribution in [0.3, 0.4) is 0 Å². The monoisotopic (exact) mass is 403 g/mol. The number of hydrogen-bond donors (Lipinski definition) is 0. The maximum absolute atomic E-state index is 4.70. The van der Waals surface area contributed by atoms with Gasteiger partial charge in [0.2, 0.25) is 0 Å². The lowest BCUT2D eigenvalue weighted by Crippen LogP contribution is -2.23. The maximum atomic E-state index is 4.70. The van der Waals surface area contributed by atoms with Gasteiger partial charge in [-0.15, -0.1) is 0 Å². The van der Waals surface area contributed by atoms with E-state index < -0.39 is 0 Å². The summed E-state index contributed by atoms with van der Waals surface area (Å²) in [5, 5.41) is 0. The van der Waals surface area contributed by atoms with Crippen LogP contribution in [0.25, 0.3) is 5.57 Å². The molecule has 0 bridgehead atoms. The predicted octanol–water partition coefficient (Wildman–Crippen LogP) is 6.08. The predicted molar refractivity (Wildman–Crippen MR) is 96.6 cm³/mol. The summed E-state index contributed by atoms with van der Waals surface area (Å²) in [6, 6.07) is 16.8. The van der Waals surface area contributed by atoms with Gasteiger partial charge in [0.15, 0.2) is 0 Å². The second-order valence-electron chi connectivity index (χ2n) is 5.66. The highest BCUT2D eigenvalue weighted by Gasteiger charge is 2.34. The molecule has 0 aromatic heterocycles. The van der Waals surface area contributed by atoms with Gasteiger partial charge in [-0.3, -0.25) is 4.99 Å². The molecule has 106 valence electrons. The van der Waals surface area contributed by atoms with E-state index >= 15 is 0 Å². The van der Waals surface area contributed by atoms with Gasteiger partial charge in [-0.25, -0.2) is 0 Å². The molecule has 0 unspecified atom stereocenters. The summed E-state index contributed by atoms with van der Waals surface area (Å²) in [7, 11) is 0. The highest BCUT2D eigenvalue weighted by Crippen LogP contribution is 2.42. The van der Waals surface area contributed by atoms with Crippen molar-refractivity contribution in [2.45, 2.75) is 13.8 Å². The van der Waals surface area contributed by atoms with Crippen LogP contribution in [0.2, 0.25) is 0 Å². The van der Waals surface area contributed by atoms with Crippen LogP contribution in [0, 0.1) is 5.41 Å². The van der Waals surface area contributed by atoms with Crippen LogP contribution < -0.4 is 0 Å². The highest BCUT2D eigenvalue weighted by atomic mass is 79.9. The van der Waals surface area contributed by atoms with Gasteiger partial charge in [-0.1, -0.05) is 70.0 Å². The number of allylic oxidation sites excluding steroid dienone is 1. The van der Waals surface area contributed by atoms with Gasteiger partial charge in [0.1, 0.15) is 0 Å². The minimum atomic E-state index is -0.0956. The number of hydrogen-bond acceptors (Lipinski definition) is 1. The van der Waals surface area contributed by atoms with Crippen molar-refractivity contribution in [2.75, 3.05) is 0 Å². The number of halogens is 2. The summed E-state index contributed by atoms with van der Waals surface area (Å²) in [6.45, 7) is 4.46. The first-order valence-corrected chi connectivity index (χ1v) is 8.38. The lowest BCUT2D eigenvalue weighted by atomic mass is 9.76. The largest absolute Gasteiger partial charge is 0.259 e. The van der Waals surface area contributed by atoms with E-state index in [9.17, 15) is 0 Å². The Morgan fingerprint density at radius 1 is 0.762 bits per heavy atom. The van der Waals surface area contributed by atoms with Gasteiger partial charge in [0.25, 0.3) is 0 Å². The summed E-state index contributed by atoms with van der Waals surface area (Å²) in [5.74, 6) is 0. The average molecular weight is 405 g/mol. The van der Waals surface area contributed by atoms with Gasteiger partial charge in [-0.2, -0.15) is 0 Å². The van der Waals surface area contributed by atoms with Crippen molar-refractivity contribution in [2.24, 2.45) is 10.4 Å². The molecule has 3 rings (SSSR count). The van der Waals surface area contributed by atoms with E-state index in [4.69, 9.17) is 4.99 Å². The molecule has 0 saturated heterocycles. The minimum absolute atomic E-state index is 0.0956. The van der Waals surface area contributed by atoms with Crippen LogP contribution in [-0.2, 0) is 0 Å². The van der Waals surface area contributed by atoms with E-state index in [1.54, 1.807) is 0 Å². The molecule has 0 atom stereocenters. The fourth-order valence-electron chi connectivity index (χ4n) is 2.69. The Kier molecular flexibility index (Phi) is 3.89. The van der Waals surface area contributed by atoms with E-state index in [0.29, 0.717) is 0 Å². The number of aliphatic imine (C=N–C) groups is 1. The van der Waals surface area contributed by atoms with Crippen molar-refractivity contribution in [3.63, 3.8) is 0 Å². The van der Waals surface area contributed by atoms with Crippen LogP contribution >= 0.6 is 31.9 Å². The highest BCUT2D eigenvalue weighted by molar-refractivity contribution is 9.10. The SMILES string of the molecule is CC1(C)C(c2ccc(Br)cc2)=CN=C1c1ccc(Br)cc1. The molecule has 0 N–H and O–H groups in total. The fraction of sp³-hybridized carbons (Fsp3) is 0.167. The lowest BCUT2D eigenvalue weighted by Gasteiger charge is -2.25. The van der Waals surface area contributed by atoms with E-state index in [2.05, 4.69) is 94.2 Å². The maximum Gasteiger partial charge on any atom is 0.0576 e. The van der Waals surface area contributed by atoms with Crippen LogP contribution in [0.1, 0.15) is 25.0 Å². The summed E-state index contributed by atoms with van der Waals surface area (Å²) < 4.78 is 2.18. The standard InChI is InChI=1S/C18H15Br2N/c1-18(2)16(12-3-7-14(19)8-4-12)11-21-17(18)13-5-9-15(20)10-6-13/h3-11H,1-2H3. The zero-order valence-electron chi connectivity index (χ0n) is 11.9. The molecule has 0 aliphatic carbocycles. The minimum Gasteiger partial charge on any atom is -0.259 e. The van der Waals surface area contributed by atoms with Crippen molar-refractivity contribution in [3.8, 4) is 0 Å². The molecule has 21 heavy (non-hydrogen) atoms. The van der Waals surface area contributed by atoms with Crippen molar-refractivity contribution >= 4 is 43.1 Å². The Morgan fingerprint density at radius 3 is 1.76 bits per heavy atom. The molecule has 1 aliphatic rings. The first-order chi connectivity index (χ1) is 9.98. The van der Waals surface area contributed by atoms with Gasteiger partial charge in [0.05, 0.1) is 5.71 Å². The van der Waals surface area contributed by atoms with Gasteiger partial charge < -0.3 is 0 Å². The summed E-state index contributed by atoms with van der Waals surface area (Å²) >= 11 is 6.97. The van der Waals surface area contributed by atoms with Crippen LogP contribution in [0.4, 0.5) is 0 Å². The number of nitrogens with zero attached hydrogens (tertiary/aromatic N) is 1. The zero-order valence-corrected chi connectivity index (χ0v) is 15.1. The van der Waals surface area contributed by atoms with Crippen molar-refractivity contribution in [1.29, 1.82) is 0 Å². The molecule has 1 nitrogen and oxygen atoms in total. The lowest BCUT2D eigenvalue weighted by molar-refractivity contribution is 0.712. The molecule has 2 aromatic rings. The number of rotatable bonds is 2. The third kappa shape index (κ3) is 2.77. The molecule has 1 aliphatic heterocycles. The van der Waals surface area contributed by atoms with Crippen LogP contribution in [-0.4, -0.2) is 5.71 Å². The van der Waals surface area contributed by atoms with E-state index in [-0.39, 0.29) is 5.41 Å². The summed E-state index contributed by atoms with van der Waals surface area (Å²) in [5.41, 5.74) is 4.67. The van der Waals surface area contributed by atoms with E-state index in [1.165, 1.54) is 16.7 Å². The molecule has 0 fully saturated rings. The first kappa shape index (κ1) is 14.7. The fourth-order valence-corrected chi connectivity index (χ4v) is 3.22.